The highest BCUT2D eigenvalue weighted by atomic mass is 16.5. The predicted molar refractivity (Wildman–Crippen MR) is 61.0 cm³/mol. The third kappa shape index (κ3) is 2.70. The number of furan rings is 1. The third-order valence-corrected chi connectivity index (χ3v) is 2.84. The molecule has 0 aliphatic carbocycles. The van der Waals surface area contributed by atoms with Gasteiger partial charge in [-0.05, 0) is 13.0 Å². The number of rotatable bonds is 3. The molecular formula is C12H14N2O4. The van der Waals surface area contributed by atoms with E-state index in [0.717, 1.165) is 0 Å². The van der Waals surface area contributed by atoms with Gasteiger partial charge in [0.2, 0.25) is 5.76 Å². The van der Waals surface area contributed by atoms with Crippen LogP contribution in [0.2, 0.25) is 0 Å². The van der Waals surface area contributed by atoms with Crippen LogP contribution < -0.4 is 0 Å². The standard InChI is InChI=1S/C12H14N2O4/c1-8-4-9(18-11(8)12(15)16)6-14-2-3-17-10(5-13)7-14/h4,10H,2-3,6-7H2,1H3,(H,15,16). The molecule has 1 aliphatic heterocycles. The minimum absolute atomic E-state index is 0.0184. The van der Waals surface area contributed by atoms with Crippen LogP contribution in [0, 0.1) is 18.3 Å². The van der Waals surface area contributed by atoms with Crippen molar-refractivity contribution in [2.75, 3.05) is 19.7 Å². The second kappa shape index (κ2) is 5.21. The molecule has 2 rings (SSSR count). The van der Waals surface area contributed by atoms with Gasteiger partial charge in [-0.1, -0.05) is 0 Å². The Hall–Kier alpha value is -1.84. The molecule has 0 amide bonds. The van der Waals surface area contributed by atoms with Gasteiger partial charge in [-0.15, -0.1) is 0 Å². The number of morpholine rings is 1. The van der Waals surface area contributed by atoms with Crippen molar-refractivity contribution in [2.24, 2.45) is 0 Å². The molecule has 18 heavy (non-hydrogen) atoms. The molecule has 1 N–H and O–H groups in total. The van der Waals surface area contributed by atoms with Crippen molar-refractivity contribution in [3.05, 3.63) is 23.2 Å². The average molecular weight is 250 g/mol. The number of nitrogens with zero attached hydrogens (tertiary/aromatic N) is 2. The van der Waals surface area contributed by atoms with E-state index in [4.69, 9.17) is 19.5 Å². The molecule has 6 heteroatoms. The monoisotopic (exact) mass is 250 g/mol. The van der Waals surface area contributed by atoms with Crippen molar-refractivity contribution in [3.63, 3.8) is 0 Å². The number of aromatic carboxylic acids is 1. The van der Waals surface area contributed by atoms with Gasteiger partial charge in [0, 0.05) is 18.7 Å². The summed E-state index contributed by atoms with van der Waals surface area (Å²) in [5, 5.41) is 17.7. The Bertz CT molecular complexity index is 489. The summed E-state index contributed by atoms with van der Waals surface area (Å²) >= 11 is 0. The number of hydrogen-bond acceptors (Lipinski definition) is 5. The zero-order valence-electron chi connectivity index (χ0n) is 10.0. The van der Waals surface area contributed by atoms with E-state index < -0.39 is 12.1 Å². The van der Waals surface area contributed by atoms with Gasteiger partial charge in [0.1, 0.15) is 5.76 Å². The van der Waals surface area contributed by atoms with Crippen LogP contribution in [0.15, 0.2) is 10.5 Å². The lowest BCUT2D eigenvalue weighted by molar-refractivity contribution is -0.00504. The maximum absolute atomic E-state index is 10.9. The summed E-state index contributed by atoms with van der Waals surface area (Å²) in [7, 11) is 0. The van der Waals surface area contributed by atoms with Crippen LogP contribution in [0.25, 0.3) is 0 Å². The van der Waals surface area contributed by atoms with Crippen LogP contribution in [0.4, 0.5) is 0 Å². The molecule has 0 aromatic carbocycles. The second-order valence-electron chi connectivity index (χ2n) is 4.25. The summed E-state index contributed by atoms with van der Waals surface area (Å²) in [6.45, 7) is 3.92. The number of ether oxygens (including phenoxy) is 1. The van der Waals surface area contributed by atoms with E-state index in [-0.39, 0.29) is 5.76 Å². The molecule has 1 atom stereocenters. The molecule has 1 fully saturated rings. The van der Waals surface area contributed by atoms with E-state index in [1.807, 2.05) is 4.90 Å². The average Bonchev–Trinajstić information content (AvgIpc) is 2.70. The summed E-state index contributed by atoms with van der Waals surface area (Å²) in [5.41, 5.74) is 0.614. The number of carbonyl (C=O) groups is 1. The van der Waals surface area contributed by atoms with Crippen molar-refractivity contribution in [3.8, 4) is 6.07 Å². The Morgan fingerprint density at radius 3 is 3.11 bits per heavy atom. The topological polar surface area (TPSA) is 86.7 Å². The van der Waals surface area contributed by atoms with Crippen molar-refractivity contribution >= 4 is 5.97 Å². The van der Waals surface area contributed by atoms with Crippen LogP contribution in [-0.2, 0) is 11.3 Å². The van der Waals surface area contributed by atoms with Gasteiger partial charge in [-0.3, -0.25) is 4.90 Å². The fourth-order valence-electron chi connectivity index (χ4n) is 1.98. The molecule has 0 saturated carbocycles. The Morgan fingerprint density at radius 1 is 1.72 bits per heavy atom. The Balaban J connectivity index is 2.03. The van der Waals surface area contributed by atoms with Gasteiger partial charge in [-0.2, -0.15) is 5.26 Å². The first kappa shape index (κ1) is 12.6. The van der Waals surface area contributed by atoms with Gasteiger partial charge in [0.05, 0.1) is 19.2 Å². The summed E-state index contributed by atoms with van der Waals surface area (Å²) in [4.78, 5) is 12.9. The fraction of sp³-hybridized carbons (Fsp3) is 0.500. The van der Waals surface area contributed by atoms with Crippen LogP contribution in [-0.4, -0.2) is 41.8 Å². The normalized spacial score (nSPS) is 20.6. The molecule has 1 unspecified atom stereocenters. The zero-order valence-corrected chi connectivity index (χ0v) is 10.0. The second-order valence-corrected chi connectivity index (χ2v) is 4.25. The van der Waals surface area contributed by atoms with E-state index in [1.165, 1.54) is 0 Å². The Labute approximate surface area is 104 Å². The predicted octanol–water partition coefficient (Wildman–Crippen LogP) is 1.01. The molecule has 1 aliphatic rings. The summed E-state index contributed by atoms with van der Waals surface area (Å²) in [6, 6.07) is 3.79. The van der Waals surface area contributed by atoms with E-state index in [2.05, 4.69) is 6.07 Å². The third-order valence-electron chi connectivity index (χ3n) is 2.84. The van der Waals surface area contributed by atoms with Gasteiger partial charge >= 0.3 is 5.97 Å². The number of nitriles is 1. The molecule has 1 aromatic heterocycles. The van der Waals surface area contributed by atoms with Gasteiger partial charge in [0.15, 0.2) is 6.10 Å². The Morgan fingerprint density at radius 2 is 2.50 bits per heavy atom. The molecule has 2 heterocycles. The highest BCUT2D eigenvalue weighted by molar-refractivity contribution is 5.86. The van der Waals surface area contributed by atoms with Crippen LogP contribution >= 0.6 is 0 Å². The summed E-state index contributed by atoms with van der Waals surface area (Å²) in [5.74, 6) is -0.478. The molecule has 0 spiro atoms. The first-order valence-electron chi connectivity index (χ1n) is 5.66. The summed E-state index contributed by atoms with van der Waals surface area (Å²) < 4.78 is 10.5. The van der Waals surface area contributed by atoms with Crippen molar-refractivity contribution in [1.29, 1.82) is 5.26 Å². The molecule has 96 valence electrons. The molecule has 0 radical (unpaired) electrons. The molecule has 6 nitrogen and oxygen atoms in total. The Kier molecular flexibility index (Phi) is 3.65. The van der Waals surface area contributed by atoms with E-state index in [9.17, 15) is 4.79 Å². The summed E-state index contributed by atoms with van der Waals surface area (Å²) in [6.07, 6.45) is -0.422. The maximum Gasteiger partial charge on any atom is 0.372 e. The lowest BCUT2D eigenvalue weighted by Gasteiger charge is -2.28. The van der Waals surface area contributed by atoms with E-state index in [1.54, 1.807) is 13.0 Å². The van der Waals surface area contributed by atoms with E-state index in [0.29, 0.717) is 37.6 Å². The lowest BCUT2D eigenvalue weighted by Crippen LogP contribution is -2.41. The van der Waals surface area contributed by atoms with Crippen LogP contribution in [0.3, 0.4) is 0 Å². The van der Waals surface area contributed by atoms with Crippen LogP contribution in [0.1, 0.15) is 21.9 Å². The minimum atomic E-state index is -1.06. The number of hydrogen-bond donors (Lipinski definition) is 1. The first-order valence-corrected chi connectivity index (χ1v) is 5.66. The smallest absolute Gasteiger partial charge is 0.372 e. The van der Waals surface area contributed by atoms with Gasteiger partial charge in [-0.25, -0.2) is 4.79 Å². The highest BCUT2D eigenvalue weighted by Crippen LogP contribution is 2.17. The minimum Gasteiger partial charge on any atom is -0.475 e. The molecular weight excluding hydrogens is 236 g/mol. The van der Waals surface area contributed by atoms with Gasteiger partial charge in [0.25, 0.3) is 0 Å². The quantitative estimate of drug-likeness (QED) is 0.861. The fourth-order valence-corrected chi connectivity index (χ4v) is 1.98. The number of carboxylic acid groups (broad SMARTS) is 1. The molecule has 1 aromatic rings. The van der Waals surface area contributed by atoms with Crippen molar-refractivity contribution in [1.82, 2.24) is 4.90 Å². The number of carboxylic acids is 1. The highest BCUT2D eigenvalue weighted by Gasteiger charge is 2.22. The van der Waals surface area contributed by atoms with Crippen LogP contribution in [0.5, 0.6) is 0 Å². The van der Waals surface area contributed by atoms with E-state index >= 15 is 0 Å². The largest absolute Gasteiger partial charge is 0.475 e. The first-order chi connectivity index (χ1) is 8.60. The van der Waals surface area contributed by atoms with Gasteiger partial charge < -0.3 is 14.3 Å². The lowest BCUT2D eigenvalue weighted by atomic mass is 10.2. The van der Waals surface area contributed by atoms with Crippen molar-refractivity contribution in [2.45, 2.75) is 19.6 Å². The zero-order chi connectivity index (χ0) is 13.1. The molecule has 1 saturated heterocycles. The SMILES string of the molecule is Cc1cc(CN2CCOC(C#N)C2)oc1C(=O)O. The maximum atomic E-state index is 10.9. The molecule has 0 bridgehead atoms. The number of aryl methyl sites for hydroxylation is 1. The van der Waals surface area contributed by atoms with Crippen molar-refractivity contribution < 1.29 is 19.1 Å².